The second-order valence-electron chi connectivity index (χ2n) is 7.49. The first-order chi connectivity index (χ1) is 10.4. The zero-order chi connectivity index (χ0) is 15.9. The summed E-state index contributed by atoms with van der Waals surface area (Å²) < 4.78 is 5.29. The molecule has 1 atom stereocenters. The third kappa shape index (κ3) is 2.55. The summed E-state index contributed by atoms with van der Waals surface area (Å²) in [4.78, 5) is 24.5. The van der Waals surface area contributed by atoms with E-state index in [4.69, 9.17) is 15.4 Å². The number of hydrogen-bond donors (Lipinski definition) is 1. The summed E-state index contributed by atoms with van der Waals surface area (Å²) in [6.07, 6.45) is 6.44. The molecule has 5 heteroatoms. The average Bonchev–Trinajstić information content (AvgIpc) is 2.43. The van der Waals surface area contributed by atoms with Crippen LogP contribution in [0.15, 0.2) is 0 Å². The van der Waals surface area contributed by atoms with Crippen LogP contribution in [-0.4, -0.2) is 24.1 Å². The van der Waals surface area contributed by atoms with Gasteiger partial charge in [-0.25, -0.2) is 0 Å². The molecule has 4 aliphatic carbocycles. The van der Waals surface area contributed by atoms with Crippen LogP contribution in [-0.2, 0) is 14.3 Å². The van der Waals surface area contributed by atoms with E-state index in [0.29, 0.717) is 17.8 Å². The van der Waals surface area contributed by atoms with Crippen molar-refractivity contribution in [3.63, 3.8) is 0 Å². The molecule has 5 nitrogen and oxygen atoms in total. The number of nitriles is 1. The largest absolute Gasteiger partial charge is 0.457 e. The van der Waals surface area contributed by atoms with Crippen molar-refractivity contribution < 1.29 is 14.3 Å². The van der Waals surface area contributed by atoms with Crippen LogP contribution in [0, 0.1) is 45.8 Å². The van der Waals surface area contributed by atoms with Crippen LogP contribution in [0.5, 0.6) is 0 Å². The molecule has 22 heavy (non-hydrogen) atoms. The zero-order valence-electron chi connectivity index (χ0n) is 12.9. The molecule has 4 saturated carbocycles. The van der Waals surface area contributed by atoms with E-state index in [1.807, 2.05) is 0 Å². The van der Waals surface area contributed by atoms with Crippen molar-refractivity contribution in [3.05, 3.63) is 0 Å². The minimum absolute atomic E-state index is 0.00152. The lowest BCUT2D eigenvalue weighted by molar-refractivity contribution is -0.173. The van der Waals surface area contributed by atoms with Gasteiger partial charge in [-0.15, -0.1) is 0 Å². The molecule has 4 aliphatic rings. The van der Waals surface area contributed by atoms with Gasteiger partial charge in [-0.2, -0.15) is 5.26 Å². The molecular formula is C17H22N2O3. The summed E-state index contributed by atoms with van der Waals surface area (Å²) in [6, 6.07) is 1.80. The Hall–Kier alpha value is -1.70. The molecule has 0 saturated heterocycles. The molecule has 4 fully saturated rings. The van der Waals surface area contributed by atoms with Gasteiger partial charge in [-0.1, -0.05) is 0 Å². The summed E-state index contributed by atoms with van der Waals surface area (Å²) >= 11 is 0. The molecule has 0 aromatic heterocycles. The lowest BCUT2D eigenvalue weighted by Gasteiger charge is -2.55. The van der Waals surface area contributed by atoms with Crippen LogP contribution in [0.2, 0.25) is 0 Å². The Balaban J connectivity index is 1.62. The Morgan fingerprint density at radius 2 is 1.73 bits per heavy atom. The summed E-state index contributed by atoms with van der Waals surface area (Å²) in [6.45, 7) is 1.04. The Morgan fingerprint density at radius 1 is 1.23 bits per heavy atom. The van der Waals surface area contributed by atoms with Gasteiger partial charge in [0.25, 0.3) is 0 Å². The zero-order valence-corrected chi connectivity index (χ0v) is 12.9. The second-order valence-corrected chi connectivity index (χ2v) is 7.49. The van der Waals surface area contributed by atoms with Crippen LogP contribution in [0.4, 0.5) is 0 Å². The molecule has 0 spiro atoms. The van der Waals surface area contributed by atoms with Crippen LogP contribution < -0.4 is 0 Å². The summed E-state index contributed by atoms with van der Waals surface area (Å²) in [5, 5.41) is 16.3. The molecule has 0 radical (unpaired) electrons. The van der Waals surface area contributed by atoms with Crippen LogP contribution >= 0.6 is 0 Å². The smallest absolute Gasteiger partial charge is 0.312 e. The Kier molecular flexibility index (Phi) is 3.80. The minimum atomic E-state index is -1.09. The highest BCUT2D eigenvalue weighted by molar-refractivity contribution is 6.06. The molecule has 4 rings (SSSR count). The summed E-state index contributed by atoms with van der Waals surface area (Å²) in [5.74, 6) is 0.0945. The monoisotopic (exact) mass is 302 g/mol. The predicted octanol–water partition coefficient (Wildman–Crippen LogP) is 2.49. The maximum absolute atomic E-state index is 12.6. The molecule has 1 N–H and O–H groups in total. The number of ketones is 1. The molecular weight excluding hydrogens is 280 g/mol. The molecule has 0 amide bonds. The van der Waals surface area contributed by atoms with Crippen LogP contribution in [0.25, 0.3) is 0 Å². The number of nitrogens with zero attached hydrogens (tertiary/aromatic N) is 1. The molecule has 0 aromatic carbocycles. The van der Waals surface area contributed by atoms with Crippen molar-refractivity contribution in [3.8, 4) is 6.07 Å². The third-order valence-corrected chi connectivity index (χ3v) is 5.70. The molecule has 1 unspecified atom stereocenters. The van der Waals surface area contributed by atoms with Gasteiger partial charge in [0.2, 0.25) is 0 Å². The SMILES string of the molecule is CC(=N)C(C#N)C(=O)COC(=O)C12CC3CC(CC(C3)C1)C2. The van der Waals surface area contributed by atoms with E-state index in [9.17, 15) is 9.59 Å². The number of nitrogens with one attached hydrogen (secondary N) is 1. The number of Topliss-reactive ketones (excluding diaryl/α,β-unsaturated/α-hetero) is 1. The highest BCUT2D eigenvalue weighted by Gasteiger charge is 2.55. The van der Waals surface area contributed by atoms with E-state index in [0.717, 1.165) is 19.3 Å². The topological polar surface area (TPSA) is 91.0 Å². The fourth-order valence-corrected chi connectivity index (χ4v) is 5.14. The van der Waals surface area contributed by atoms with Crippen molar-refractivity contribution in [1.29, 1.82) is 10.7 Å². The summed E-state index contributed by atoms with van der Waals surface area (Å²) in [7, 11) is 0. The maximum atomic E-state index is 12.6. The maximum Gasteiger partial charge on any atom is 0.312 e. The van der Waals surface area contributed by atoms with Gasteiger partial charge in [-0.05, 0) is 63.2 Å². The fraction of sp³-hybridized carbons (Fsp3) is 0.765. The molecule has 0 heterocycles. The van der Waals surface area contributed by atoms with E-state index in [1.165, 1.54) is 26.2 Å². The Labute approximate surface area is 130 Å². The van der Waals surface area contributed by atoms with Crippen molar-refractivity contribution in [2.75, 3.05) is 6.61 Å². The first kappa shape index (κ1) is 15.2. The molecule has 0 aliphatic heterocycles. The Morgan fingerprint density at radius 3 is 2.14 bits per heavy atom. The first-order valence-electron chi connectivity index (χ1n) is 8.08. The van der Waals surface area contributed by atoms with Crippen LogP contribution in [0.1, 0.15) is 45.4 Å². The van der Waals surface area contributed by atoms with Gasteiger partial charge in [0.05, 0.1) is 11.5 Å². The minimum Gasteiger partial charge on any atom is -0.457 e. The number of carbonyl (C=O) groups excluding carboxylic acids is 2. The van der Waals surface area contributed by atoms with Gasteiger partial charge in [0, 0.05) is 5.71 Å². The molecule has 4 bridgehead atoms. The normalized spacial score (nSPS) is 36.5. The average molecular weight is 302 g/mol. The lowest BCUT2D eigenvalue weighted by Crippen LogP contribution is -2.50. The highest BCUT2D eigenvalue weighted by Crippen LogP contribution is 2.60. The van der Waals surface area contributed by atoms with Gasteiger partial charge in [0.15, 0.2) is 12.4 Å². The van der Waals surface area contributed by atoms with Crippen molar-refractivity contribution in [2.45, 2.75) is 45.4 Å². The van der Waals surface area contributed by atoms with E-state index in [-0.39, 0.29) is 23.7 Å². The number of hydrogen-bond acceptors (Lipinski definition) is 5. The number of esters is 1. The summed E-state index contributed by atoms with van der Waals surface area (Å²) in [5.41, 5.74) is -0.380. The van der Waals surface area contributed by atoms with Crippen molar-refractivity contribution in [1.82, 2.24) is 0 Å². The number of carbonyl (C=O) groups is 2. The standard InChI is InChI=1S/C17H22N2O3/c1-10(19)14(8-18)15(20)9-22-16(21)17-5-11-2-12(6-17)4-13(3-11)7-17/h11-14,19H,2-7,9H2,1H3. The predicted molar refractivity (Wildman–Crippen MR) is 79.1 cm³/mol. The van der Waals surface area contributed by atoms with Crippen LogP contribution in [0.3, 0.4) is 0 Å². The molecule has 0 aromatic rings. The Bertz CT molecular complexity index is 525. The van der Waals surface area contributed by atoms with E-state index < -0.39 is 11.7 Å². The van der Waals surface area contributed by atoms with Gasteiger partial charge in [0.1, 0.15) is 5.92 Å². The number of ether oxygens (including phenoxy) is 1. The van der Waals surface area contributed by atoms with Crippen molar-refractivity contribution in [2.24, 2.45) is 29.1 Å². The number of rotatable bonds is 5. The highest BCUT2D eigenvalue weighted by atomic mass is 16.5. The fourth-order valence-electron chi connectivity index (χ4n) is 5.14. The van der Waals surface area contributed by atoms with Gasteiger partial charge in [-0.3, -0.25) is 9.59 Å². The van der Waals surface area contributed by atoms with E-state index in [2.05, 4.69) is 0 Å². The quantitative estimate of drug-likeness (QED) is 0.624. The van der Waals surface area contributed by atoms with Gasteiger partial charge < -0.3 is 10.1 Å². The molecule has 118 valence electrons. The second kappa shape index (κ2) is 5.49. The third-order valence-electron chi connectivity index (χ3n) is 5.70. The first-order valence-corrected chi connectivity index (χ1v) is 8.08. The van der Waals surface area contributed by atoms with E-state index in [1.54, 1.807) is 6.07 Å². The van der Waals surface area contributed by atoms with Crippen molar-refractivity contribution >= 4 is 17.5 Å². The van der Waals surface area contributed by atoms with E-state index >= 15 is 0 Å². The lowest BCUT2D eigenvalue weighted by atomic mass is 9.49. The van der Waals surface area contributed by atoms with Gasteiger partial charge >= 0.3 is 5.97 Å².